The predicted octanol–water partition coefficient (Wildman–Crippen LogP) is 17.8. The van der Waals surface area contributed by atoms with Crippen molar-refractivity contribution in [3.8, 4) is 33.4 Å². The third kappa shape index (κ3) is 21.9. The summed E-state index contributed by atoms with van der Waals surface area (Å²) in [7, 11) is 17.5. The summed E-state index contributed by atoms with van der Waals surface area (Å²) in [6.07, 6.45) is 2.28. The average molecular weight is 1790 g/mol. The van der Waals surface area contributed by atoms with Crippen molar-refractivity contribution >= 4 is 166 Å². The molecule has 614 valence electrons. The van der Waals surface area contributed by atoms with E-state index >= 15 is 0 Å². The number of aromatic nitrogens is 13. The summed E-state index contributed by atoms with van der Waals surface area (Å²) in [6.45, 7) is 12.5. The van der Waals surface area contributed by atoms with Crippen LogP contribution in [-0.2, 0) is 143 Å². The number of esters is 6. The normalized spacial score (nSPS) is 10.7. The van der Waals surface area contributed by atoms with E-state index in [2.05, 4.69) is 69.0 Å². The van der Waals surface area contributed by atoms with Crippen LogP contribution in [0.25, 0.3) is 66.1 Å². The maximum absolute atomic E-state index is 12.7. The van der Waals surface area contributed by atoms with Gasteiger partial charge in [0.1, 0.15) is 17.1 Å². The number of alkyl halides is 2. The highest BCUT2D eigenvalue weighted by Crippen LogP contribution is 2.45. The number of hydrogen-bond acceptors (Lipinski definition) is 20. The van der Waals surface area contributed by atoms with Crippen LogP contribution in [0.3, 0.4) is 0 Å². The molecule has 0 aliphatic carbocycles. The fourth-order valence-electron chi connectivity index (χ4n) is 12.8. The Hall–Kier alpha value is -8.59. The summed E-state index contributed by atoms with van der Waals surface area (Å²) < 4.78 is 44.5. The van der Waals surface area contributed by atoms with Crippen LogP contribution < -0.4 is 0 Å². The molecule has 8 heterocycles. The number of ether oxygens (including phenoxy) is 6. The van der Waals surface area contributed by atoms with E-state index in [9.17, 15) is 33.6 Å². The lowest BCUT2D eigenvalue weighted by atomic mass is 9.99. The van der Waals surface area contributed by atoms with Crippen LogP contribution in [0.2, 0.25) is 15.1 Å². The van der Waals surface area contributed by atoms with E-state index in [-0.39, 0.29) is 97.5 Å². The molecule has 8 aromatic heterocycles. The molecule has 0 N–H and O–H groups in total. The first-order valence-electron chi connectivity index (χ1n) is 34.4. The van der Waals surface area contributed by atoms with Gasteiger partial charge < -0.3 is 42.1 Å². The van der Waals surface area contributed by atoms with Crippen LogP contribution in [0.5, 0.6) is 0 Å². The van der Waals surface area contributed by atoms with E-state index in [0.29, 0.717) is 53.8 Å². The third-order valence-electron chi connectivity index (χ3n) is 18.5. The molecule has 0 bridgehead atoms. The second-order valence-corrected chi connectivity index (χ2v) is 29.3. The van der Waals surface area contributed by atoms with Gasteiger partial charge in [0, 0.05) is 193 Å². The monoisotopic (exact) mass is 1790 g/mol. The number of carbonyl (C=O) groups is 7. The molecule has 0 fully saturated rings. The van der Waals surface area contributed by atoms with Gasteiger partial charge in [-0.05, 0) is 100 Å². The maximum Gasteiger partial charge on any atom is 0.354 e. The third-order valence-corrected chi connectivity index (χ3v) is 22.2. The number of methoxy groups -OCH3 is 6. The molecule has 0 amide bonds. The molecule has 11 rings (SSSR count). The fourth-order valence-corrected chi connectivity index (χ4v) is 15.7. The summed E-state index contributed by atoms with van der Waals surface area (Å²) in [5.74, 6) is -0.242. The predicted molar refractivity (Wildman–Crippen MR) is 462 cm³/mol. The van der Waals surface area contributed by atoms with E-state index < -0.39 is 17.9 Å². The topological polar surface area (TPSA) is 279 Å². The molecule has 0 aliphatic rings. The zero-order valence-corrected chi connectivity index (χ0v) is 70.7. The Bertz CT molecular complexity index is 5040. The van der Waals surface area contributed by atoms with Crippen molar-refractivity contribution in [3.05, 3.63) is 156 Å². The zero-order valence-electron chi connectivity index (χ0n) is 63.9. The molecule has 0 atom stereocenters. The Morgan fingerprint density at radius 2 is 0.743 bits per heavy atom. The molecule has 33 heteroatoms. The van der Waals surface area contributed by atoms with Crippen molar-refractivity contribution in [1.82, 2.24) is 62.6 Å². The van der Waals surface area contributed by atoms with Crippen LogP contribution in [-0.4, -0.2) is 146 Å². The summed E-state index contributed by atoms with van der Waals surface area (Å²) >= 11 is 31.5. The van der Waals surface area contributed by atoms with Gasteiger partial charge >= 0.3 is 35.8 Å². The molecule has 3 aromatic carbocycles. The molecule has 0 aliphatic heterocycles. The molecule has 0 radical (unpaired) electrons. The van der Waals surface area contributed by atoms with Gasteiger partial charge in [0.2, 0.25) is 0 Å². The Morgan fingerprint density at radius 3 is 1.04 bits per heavy atom. The summed E-state index contributed by atoms with van der Waals surface area (Å²) in [5, 5.41) is 26.9. The standard InChI is InChI=1S/C27H32ClN5O4S.C20H21Cl2N3O4.C20H21ClIN3O4.C9H14N2OS.4CH4/c1-7-18-12-17(29-32(18)4)14-38-15-21-25(16(2)31(3)30-21)26-19-13-23(27(35)37-6)33(11-10-24(34)36-5)22(19)9-8-20(26)28;1-11-18(14(10-21)23-24(11)2)19-12-9-16(20(27)29-4)25(8-7-17(26)28-3)15(12)6-5-13(19)22;1-11-18(14(10-22)23-24(11)2)19-12-9-16(20(27)29-4)25(8-7-17(26)28-3)15(12)6-5-13(19)21;1-4-9-5-8(10-11(9)3)6-13-7(2)12;;;;/h8-9,12-13H,7,10-11,14-15H2,1-6H3;2*5-6,9H,7-8,10H2,1-4H3;5H,4,6H2,1-3H3;4*1H4. The quantitative estimate of drug-likeness (QED) is 0.0222. The van der Waals surface area contributed by atoms with Gasteiger partial charge in [0.15, 0.2) is 5.12 Å². The largest absolute Gasteiger partial charge is 0.469 e. The maximum atomic E-state index is 12.7. The molecule has 11 aromatic rings. The van der Waals surface area contributed by atoms with Crippen molar-refractivity contribution in [2.24, 2.45) is 35.2 Å². The Labute approximate surface area is 703 Å². The molecule has 26 nitrogen and oxygen atoms in total. The first-order chi connectivity index (χ1) is 52.0. The lowest BCUT2D eigenvalue weighted by Crippen LogP contribution is -2.13. The number of nitrogens with zero attached hydrogens (tertiary/aromatic N) is 13. The van der Waals surface area contributed by atoms with Crippen molar-refractivity contribution in [3.63, 3.8) is 0 Å². The summed E-state index contributed by atoms with van der Waals surface area (Å²) in [4.78, 5) is 83.5. The molecular formula is C80H104Cl4IN13O13S2. The molecule has 0 saturated carbocycles. The minimum absolute atomic E-state index is 0. The van der Waals surface area contributed by atoms with Crippen LogP contribution in [0.15, 0.2) is 66.7 Å². The van der Waals surface area contributed by atoms with Gasteiger partial charge in [0.25, 0.3) is 0 Å². The number of hydrogen-bond donors (Lipinski definition) is 0. The Kier molecular flexibility index (Phi) is 37.5. The van der Waals surface area contributed by atoms with E-state index in [1.54, 1.807) is 67.4 Å². The fraction of sp³-hybridized carbons (Fsp3) is 0.425. The van der Waals surface area contributed by atoms with Gasteiger partial charge in [-0.15, -0.1) is 23.4 Å². The minimum Gasteiger partial charge on any atom is -0.469 e. The van der Waals surface area contributed by atoms with Crippen molar-refractivity contribution in [2.75, 3.05) is 42.7 Å². The number of aryl methyl sites for hydroxylation is 10. The highest BCUT2D eigenvalue weighted by Gasteiger charge is 2.29. The molecule has 0 unspecified atom stereocenters. The Balaban J connectivity index is 0.000000328. The van der Waals surface area contributed by atoms with Gasteiger partial charge in [-0.2, -0.15) is 25.5 Å². The smallest absolute Gasteiger partial charge is 0.354 e. The second kappa shape index (κ2) is 43.8. The first-order valence-corrected chi connectivity index (χ1v) is 39.7. The first kappa shape index (κ1) is 96.8. The molecule has 0 spiro atoms. The van der Waals surface area contributed by atoms with Crippen LogP contribution in [0.4, 0.5) is 0 Å². The van der Waals surface area contributed by atoms with E-state index in [1.165, 1.54) is 65.8 Å². The van der Waals surface area contributed by atoms with Gasteiger partial charge in [0.05, 0.1) is 96.3 Å². The summed E-state index contributed by atoms with van der Waals surface area (Å²) in [5.41, 5.74) is 18.2. The molecule has 0 saturated heterocycles. The van der Waals surface area contributed by atoms with Crippen LogP contribution >= 0.6 is 92.5 Å². The summed E-state index contributed by atoms with van der Waals surface area (Å²) in [6, 6.07) is 20.4. The highest BCUT2D eigenvalue weighted by atomic mass is 127. The molecule has 113 heavy (non-hydrogen) atoms. The van der Waals surface area contributed by atoms with Crippen molar-refractivity contribution in [2.45, 2.75) is 151 Å². The Morgan fingerprint density at radius 1 is 0.425 bits per heavy atom. The van der Waals surface area contributed by atoms with Crippen molar-refractivity contribution in [1.29, 1.82) is 0 Å². The van der Waals surface area contributed by atoms with Gasteiger partial charge in [-0.25, -0.2) is 14.4 Å². The zero-order chi connectivity index (χ0) is 80.0. The van der Waals surface area contributed by atoms with Crippen LogP contribution in [0, 0.1) is 20.8 Å². The number of thioether (sulfide) groups is 2. The SMILES string of the molecule is C.C.C.C.CCc1cc(CSC(C)=O)nn1C.CCc1cc(CSCc2nn(C)c(C)c2-c2c(Cl)ccc3c2cc(C(=O)OC)n3CCC(=O)OC)nn1C.COC(=O)CCn1c(C(=O)OC)cc2c(-c3c(CCl)nn(C)c3C)c(Cl)ccc21.COC(=O)CCn1c(C(=O)OC)cc2c(-c3c(CI)nn(C)c3C)c(Cl)ccc21. The van der Waals surface area contributed by atoms with Crippen LogP contribution in [0.1, 0.15) is 158 Å². The number of rotatable bonds is 25. The van der Waals surface area contributed by atoms with Crippen molar-refractivity contribution < 1.29 is 62.0 Å². The molecular weight excluding hydrogens is 1680 g/mol. The minimum atomic E-state index is -0.506. The number of halogens is 5. The van der Waals surface area contributed by atoms with Gasteiger partial charge in [-0.3, -0.25) is 42.6 Å². The highest BCUT2D eigenvalue weighted by molar-refractivity contribution is 14.1. The number of benzene rings is 3. The van der Waals surface area contributed by atoms with E-state index in [4.69, 9.17) is 79.9 Å². The number of carbonyl (C=O) groups excluding carboxylic acids is 7. The number of fused-ring (bicyclic) bond motifs is 3. The lowest BCUT2D eigenvalue weighted by molar-refractivity contribution is -0.141. The lowest BCUT2D eigenvalue weighted by Gasteiger charge is -2.11. The average Bonchev–Trinajstić information content (AvgIpc) is 1.58. The second-order valence-electron chi connectivity index (χ2n) is 24.9. The van der Waals surface area contributed by atoms with E-state index in [0.717, 1.165) is 125 Å². The van der Waals surface area contributed by atoms with E-state index in [1.807, 2.05) is 99.0 Å². The van der Waals surface area contributed by atoms with Gasteiger partial charge in [-0.1, -0.05) is 113 Å².